The number of halogens is 1. The van der Waals surface area contributed by atoms with Crippen LogP contribution in [0.15, 0.2) is 41.3 Å². The highest BCUT2D eigenvalue weighted by molar-refractivity contribution is 9.10. The third-order valence-corrected chi connectivity index (χ3v) is 4.86. The molecule has 0 spiro atoms. The Labute approximate surface area is 155 Å². The van der Waals surface area contributed by atoms with Gasteiger partial charge in [-0.25, -0.2) is 4.98 Å². The van der Waals surface area contributed by atoms with E-state index in [1.165, 1.54) is 5.56 Å². The smallest absolute Gasteiger partial charge is 0.272 e. The van der Waals surface area contributed by atoms with E-state index in [0.717, 1.165) is 27.8 Å². The molecule has 0 saturated carbocycles. The van der Waals surface area contributed by atoms with Gasteiger partial charge in [0.25, 0.3) is 5.91 Å². The molecule has 0 unspecified atom stereocenters. The number of aryl methyl sites for hydroxylation is 2. The van der Waals surface area contributed by atoms with Crippen molar-refractivity contribution in [2.45, 2.75) is 27.2 Å². The van der Waals surface area contributed by atoms with Crippen LogP contribution >= 0.6 is 15.9 Å². The van der Waals surface area contributed by atoms with Crippen molar-refractivity contribution in [3.63, 3.8) is 0 Å². The average Bonchev–Trinajstić information content (AvgIpc) is 2.92. The fraction of sp³-hybridized carbons (Fsp3) is 0.316. The van der Waals surface area contributed by atoms with Gasteiger partial charge >= 0.3 is 0 Å². The van der Waals surface area contributed by atoms with E-state index < -0.39 is 0 Å². The van der Waals surface area contributed by atoms with Crippen LogP contribution in [0.4, 0.5) is 0 Å². The summed E-state index contributed by atoms with van der Waals surface area (Å²) in [5.74, 6) is 0.0130. The highest BCUT2D eigenvalue weighted by atomic mass is 79.9. The number of pyridine rings is 2. The molecular formula is C19H21BrN4O. The molecule has 0 fully saturated rings. The van der Waals surface area contributed by atoms with E-state index in [4.69, 9.17) is 0 Å². The van der Waals surface area contributed by atoms with Gasteiger partial charge in [-0.1, -0.05) is 0 Å². The Morgan fingerprint density at radius 1 is 1.28 bits per heavy atom. The molecule has 3 heterocycles. The number of hydrogen-bond acceptors (Lipinski definition) is 3. The number of amides is 1. The van der Waals surface area contributed by atoms with Crippen LogP contribution in [-0.2, 0) is 6.42 Å². The Kier molecular flexibility index (Phi) is 5.18. The zero-order valence-corrected chi connectivity index (χ0v) is 16.2. The minimum absolute atomic E-state index is 0.0130. The molecule has 0 atom stereocenters. The lowest BCUT2D eigenvalue weighted by Gasteiger charge is -2.21. The van der Waals surface area contributed by atoms with E-state index in [2.05, 4.69) is 25.9 Å². The largest absolute Gasteiger partial charge is 0.337 e. The van der Waals surface area contributed by atoms with E-state index in [1.54, 1.807) is 12.4 Å². The van der Waals surface area contributed by atoms with Crippen LogP contribution in [0.5, 0.6) is 0 Å². The van der Waals surface area contributed by atoms with E-state index in [-0.39, 0.29) is 5.91 Å². The molecular weight excluding hydrogens is 380 g/mol. The minimum atomic E-state index is 0.0130. The van der Waals surface area contributed by atoms with E-state index >= 15 is 0 Å². The summed E-state index contributed by atoms with van der Waals surface area (Å²) in [6.07, 6.45) is 6.33. The van der Waals surface area contributed by atoms with E-state index in [0.29, 0.717) is 18.8 Å². The fourth-order valence-electron chi connectivity index (χ4n) is 2.97. The van der Waals surface area contributed by atoms with E-state index in [1.807, 2.05) is 54.5 Å². The number of fused-ring (bicyclic) bond motifs is 1. The Morgan fingerprint density at radius 2 is 2.00 bits per heavy atom. The van der Waals surface area contributed by atoms with Gasteiger partial charge < -0.3 is 4.90 Å². The van der Waals surface area contributed by atoms with Gasteiger partial charge in [0.15, 0.2) is 5.65 Å². The molecule has 0 aliphatic carbocycles. The first-order chi connectivity index (χ1) is 12.0. The quantitative estimate of drug-likeness (QED) is 0.653. The molecule has 1 amide bonds. The van der Waals surface area contributed by atoms with Crippen LogP contribution in [0.2, 0.25) is 0 Å². The number of carbonyl (C=O) groups is 1. The first-order valence-corrected chi connectivity index (χ1v) is 9.13. The summed E-state index contributed by atoms with van der Waals surface area (Å²) in [4.78, 5) is 23.6. The molecule has 0 N–H and O–H groups in total. The van der Waals surface area contributed by atoms with Crippen molar-refractivity contribution >= 4 is 27.5 Å². The minimum Gasteiger partial charge on any atom is -0.337 e. The van der Waals surface area contributed by atoms with Gasteiger partial charge in [0.1, 0.15) is 5.69 Å². The van der Waals surface area contributed by atoms with Crippen molar-refractivity contribution in [1.82, 2.24) is 19.3 Å². The average molecular weight is 401 g/mol. The van der Waals surface area contributed by atoms with Crippen LogP contribution in [0.3, 0.4) is 0 Å². The van der Waals surface area contributed by atoms with Gasteiger partial charge in [-0.15, -0.1) is 0 Å². The molecule has 0 bridgehead atoms. The predicted molar refractivity (Wildman–Crippen MR) is 102 cm³/mol. The molecule has 0 saturated heterocycles. The zero-order valence-electron chi connectivity index (χ0n) is 14.7. The Balaban J connectivity index is 1.90. The van der Waals surface area contributed by atoms with Crippen LogP contribution < -0.4 is 0 Å². The molecule has 0 aromatic carbocycles. The van der Waals surface area contributed by atoms with Crippen molar-refractivity contribution < 1.29 is 4.79 Å². The molecule has 0 aliphatic rings. The van der Waals surface area contributed by atoms with Crippen LogP contribution in [-0.4, -0.2) is 38.3 Å². The lowest BCUT2D eigenvalue weighted by atomic mass is 10.2. The number of hydrogen-bond donors (Lipinski definition) is 0. The SMILES string of the molecule is CCN(CCc1ccncc1)C(=O)c1c(C)nc2c(Br)cc(C)cn12. The normalized spacial score (nSPS) is 11.0. The zero-order chi connectivity index (χ0) is 18.0. The maximum Gasteiger partial charge on any atom is 0.272 e. The summed E-state index contributed by atoms with van der Waals surface area (Å²) in [5.41, 5.74) is 4.41. The number of rotatable bonds is 5. The second-order valence-electron chi connectivity index (χ2n) is 6.10. The maximum atomic E-state index is 13.2. The standard InChI is InChI=1S/C19H21BrN4O/c1-4-23(10-7-15-5-8-21-9-6-15)19(25)17-14(3)22-18-16(20)11-13(2)12-24(17)18/h5-6,8-9,11-12H,4,7,10H2,1-3H3. The fourth-order valence-corrected chi connectivity index (χ4v) is 3.61. The predicted octanol–water partition coefficient (Wildman–Crippen LogP) is 3.81. The number of imidazole rings is 1. The monoisotopic (exact) mass is 400 g/mol. The van der Waals surface area contributed by atoms with E-state index in [9.17, 15) is 4.79 Å². The lowest BCUT2D eigenvalue weighted by molar-refractivity contribution is 0.0758. The summed E-state index contributed by atoms with van der Waals surface area (Å²) in [5, 5.41) is 0. The van der Waals surface area contributed by atoms with Crippen molar-refractivity contribution in [3.05, 3.63) is 63.8 Å². The highest BCUT2D eigenvalue weighted by Crippen LogP contribution is 2.23. The summed E-state index contributed by atoms with van der Waals surface area (Å²) in [7, 11) is 0. The van der Waals surface area contributed by atoms with Gasteiger partial charge in [-0.2, -0.15) is 0 Å². The number of aromatic nitrogens is 3. The molecule has 3 aromatic rings. The third kappa shape index (κ3) is 3.58. The summed E-state index contributed by atoms with van der Waals surface area (Å²) >= 11 is 3.55. The summed E-state index contributed by atoms with van der Waals surface area (Å²) in [6, 6.07) is 5.98. The molecule has 3 rings (SSSR count). The van der Waals surface area contributed by atoms with Crippen molar-refractivity contribution in [2.75, 3.05) is 13.1 Å². The Morgan fingerprint density at radius 3 is 2.68 bits per heavy atom. The molecule has 0 aliphatic heterocycles. The molecule has 130 valence electrons. The van der Waals surface area contributed by atoms with Gasteiger partial charge in [0, 0.05) is 31.7 Å². The Bertz CT molecular complexity index is 905. The lowest BCUT2D eigenvalue weighted by Crippen LogP contribution is -2.34. The third-order valence-electron chi connectivity index (χ3n) is 4.28. The topological polar surface area (TPSA) is 50.5 Å². The number of nitrogens with zero attached hydrogens (tertiary/aromatic N) is 4. The number of likely N-dealkylation sites (N-methyl/N-ethyl adjacent to an activating group) is 1. The van der Waals surface area contributed by atoms with Gasteiger partial charge in [0.2, 0.25) is 0 Å². The van der Waals surface area contributed by atoms with Crippen LogP contribution in [0.1, 0.15) is 34.2 Å². The first-order valence-electron chi connectivity index (χ1n) is 8.34. The van der Waals surface area contributed by atoms with Crippen molar-refractivity contribution in [3.8, 4) is 0 Å². The molecule has 0 radical (unpaired) electrons. The summed E-state index contributed by atoms with van der Waals surface area (Å²) < 4.78 is 2.79. The molecule has 5 nitrogen and oxygen atoms in total. The van der Waals surface area contributed by atoms with Gasteiger partial charge in [-0.3, -0.25) is 14.2 Å². The second kappa shape index (κ2) is 7.35. The van der Waals surface area contributed by atoms with Crippen molar-refractivity contribution in [1.29, 1.82) is 0 Å². The van der Waals surface area contributed by atoms with Crippen LogP contribution in [0, 0.1) is 13.8 Å². The first kappa shape index (κ1) is 17.6. The second-order valence-corrected chi connectivity index (χ2v) is 6.95. The molecule has 3 aromatic heterocycles. The van der Waals surface area contributed by atoms with Crippen LogP contribution in [0.25, 0.3) is 5.65 Å². The molecule has 25 heavy (non-hydrogen) atoms. The van der Waals surface area contributed by atoms with Gasteiger partial charge in [0.05, 0.1) is 10.2 Å². The molecule has 6 heteroatoms. The maximum absolute atomic E-state index is 13.2. The highest BCUT2D eigenvalue weighted by Gasteiger charge is 2.22. The number of carbonyl (C=O) groups excluding carboxylic acids is 1. The Hall–Kier alpha value is -2.21. The summed E-state index contributed by atoms with van der Waals surface area (Å²) in [6.45, 7) is 7.22. The van der Waals surface area contributed by atoms with Gasteiger partial charge in [-0.05, 0) is 72.4 Å². The van der Waals surface area contributed by atoms with Crippen molar-refractivity contribution in [2.24, 2.45) is 0 Å².